The second-order valence-corrected chi connectivity index (χ2v) is 15.9. The molecule has 0 unspecified atom stereocenters. The van der Waals surface area contributed by atoms with E-state index in [2.05, 4.69) is 183 Å². The number of thiophene rings is 1. The van der Waals surface area contributed by atoms with Crippen LogP contribution in [0, 0.1) is 0 Å². The van der Waals surface area contributed by atoms with Gasteiger partial charge in [-0.1, -0.05) is 135 Å². The molecule has 262 valence electrons. The standard InChI is InChI=1S/C51H35NO2S/c1-51(2)42-28-27-37(31-46(42)54-49-43(51)29-30-45-48(49)41-14-6-8-17-44(41)53-45)52(35-23-19-33(20-24-35)32-11-4-3-5-12-32)36-25-21-34(22-26-36)38-15-10-16-40-39-13-7-9-18-47(39)55-50(38)40/h3-31H,1-2H3. The highest BCUT2D eigenvalue weighted by Crippen LogP contribution is 2.53. The molecule has 0 aliphatic carbocycles. The van der Waals surface area contributed by atoms with Crippen LogP contribution in [0.4, 0.5) is 17.1 Å². The predicted octanol–water partition coefficient (Wildman–Crippen LogP) is 15.2. The predicted molar refractivity (Wildman–Crippen MR) is 231 cm³/mol. The van der Waals surface area contributed by atoms with Crippen LogP contribution in [0.3, 0.4) is 0 Å². The number of hydrogen-bond acceptors (Lipinski definition) is 4. The van der Waals surface area contributed by atoms with Gasteiger partial charge in [-0.3, -0.25) is 0 Å². The van der Waals surface area contributed by atoms with Crippen molar-refractivity contribution < 1.29 is 9.15 Å². The van der Waals surface area contributed by atoms with Crippen LogP contribution in [0.15, 0.2) is 180 Å². The molecule has 3 heterocycles. The summed E-state index contributed by atoms with van der Waals surface area (Å²) in [7, 11) is 0. The van der Waals surface area contributed by atoms with Crippen molar-refractivity contribution in [1.29, 1.82) is 0 Å². The smallest absolute Gasteiger partial charge is 0.143 e. The summed E-state index contributed by atoms with van der Waals surface area (Å²) in [5, 5.41) is 4.71. The molecular formula is C51H35NO2S. The van der Waals surface area contributed by atoms with Crippen LogP contribution in [0.5, 0.6) is 11.5 Å². The van der Waals surface area contributed by atoms with E-state index in [1.165, 1.54) is 42.4 Å². The Morgan fingerprint density at radius 2 is 1.13 bits per heavy atom. The van der Waals surface area contributed by atoms with Crippen molar-refractivity contribution in [2.45, 2.75) is 19.3 Å². The van der Waals surface area contributed by atoms with E-state index in [1.807, 2.05) is 23.5 Å². The molecule has 0 bridgehead atoms. The van der Waals surface area contributed by atoms with Gasteiger partial charge in [0.05, 0.1) is 5.39 Å². The number of rotatable bonds is 5. The third-order valence-corrected chi connectivity index (χ3v) is 12.6. The molecule has 0 atom stereocenters. The van der Waals surface area contributed by atoms with Crippen molar-refractivity contribution in [2.24, 2.45) is 0 Å². The van der Waals surface area contributed by atoms with E-state index in [0.717, 1.165) is 61.6 Å². The molecule has 0 saturated carbocycles. The maximum absolute atomic E-state index is 6.99. The molecule has 3 nitrogen and oxygen atoms in total. The molecule has 10 aromatic rings. The SMILES string of the molecule is CC1(C)c2ccc(N(c3ccc(-c4ccccc4)cc3)c3ccc(-c4cccc5c4sc4ccccc45)cc3)cc2Oc2c1ccc1oc3ccccc3c21. The Bertz CT molecular complexity index is 3080. The van der Waals surface area contributed by atoms with Crippen LogP contribution in [-0.2, 0) is 5.41 Å². The summed E-state index contributed by atoms with van der Waals surface area (Å²) in [5.41, 5.74) is 11.7. The van der Waals surface area contributed by atoms with Gasteiger partial charge in [0.2, 0.25) is 0 Å². The van der Waals surface area contributed by atoms with Gasteiger partial charge in [-0.15, -0.1) is 11.3 Å². The fourth-order valence-corrected chi connectivity index (χ4v) is 9.77. The monoisotopic (exact) mass is 725 g/mol. The summed E-state index contributed by atoms with van der Waals surface area (Å²) in [6.45, 7) is 4.58. The molecule has 0 N–H and O–H groups in total. The van der Waals surface area contributed by atoms with Gasteiger partial charge in [0.15, 0.2) is 0 Å². The van der Waals surface area contributed by atoms with Gasteiger partial charge in [0.25, 0.3) is 0 Å². The van der Waals surface area contributed by atoms with E-state index in [0.29, 0.717) is 0 Å². The van der Waals surface area contributed by atoms with Crippen molar-refractivity contribution in [1.82, 2.24) is 0 Å². The van der Waals surface area contributed by atoms with Crippen molar-refractivity contribution >= 4 is 70.5 Å². The van der Waals surface area contributed by atoms with E-state index in [9.17, 15) is 0 Å². The molecule has 11 rings (SSSR count). The number of furan rings is 1. The van der Waals surface area contributed by atoms with Crippen molar-refractivity contribution in [3.8, 4) is 33.8 Å². The lowest BCUT2D eigenvalue weighted by Crippen LogP contribution is -2.24. The van der Waals surface area contributed by atoms with Crippen LogP contribution < -0.4 is 9.64 Å². The third kappa shape index (κ3) is 5.02. The zero-order valence-corrected chi connectivity index (χ0v) is 31.2. The summed E-state index contributed by atoms with van der Waals surface area (Å²) >= 11 is 1.87. The zero-order valence-electron chi connectivity index (χ0n) is 30.4. The van der Waals surface area contributed by atoms with Gasteiger partial charge in [-0.05, 0) is 70.8 Å². The average Bonchev–Trinajstić information content (AvgIpc) is 3.81. The molecule has 0 spiro atoms. The molecule has 1 aliphatic heterocycles. The number of anilines is 3. The molecule has 0 fully saturated rings. The quantitative estimate of drug-likeness (QED) is 0.177. The molecule has 2 aromatic heterocycles. The number of benzene rings is 8. The van der Waals surface area contributed by atoms with Gasteiger partial charge in [-0.25, -0.2) is 0 Å². The Morgan fingerprint density at radius 3 is 1.93 bits per heavy atom. The Balaban J connectivity index is 1.04. The van der Waals surface area contributed by atoms with Crippen LogP contribution >= 0.6 is 11.3 Å². The minimum atomic E-state index is -0.286. The van der Waals surface area contributed by atoms with Crippen LogP contribution in [0.2, 0.25) is 0 Å². The number of hydrogen-bond donors (Lipinski definition) is 0. The van der Waals surface area contributed by atoms with Crippen molar-refractivity contribution in [3.63, 3.8) is 0 Å². The fraction of sp³-hybridized carbons (Fsp3) is 0.0588. The van der Waals surface area contributed by atoms with Gasteiger partial charge in [0.1, 0.15) is 22.7 Å². The molecular weight excluding hydrogens is 691 g/mol. The number of ether oxygens (including phenoxy) is 1. The Hall–Kier alpha value is -6.62. The molecule has 0 amide bonds. The minimum Gasteiger partial charge on any atom is -0.456 e. The van der Waals surface area contributed by atoms with Crippen molar-refractivity contribution in [3.05, 3.63) is 187 Å². The maximum atomic E-state index is 6.99. The summed E-state index contributed by atoms with van der Waals surface area (Å²) in [5.74, 6) is 1.72. The lowest BCUT2D eigenvalue weighted by molar-refractivity contribution is 0.423. The van der Waals surface area contributed by atoms with E-state index in [4.69, 9.17) is 9.15 Å². The number of para-hydroxylation sites is 1. The third-order valence-electron chi connectivity index (χ3n) is 11.4. The van der Waals surface area contributed by atoms with Gasteiger partial charge in [-0.2, -0.15) is 0 Å². The largest absolute Gasteiger partial charge is 0.456 e. The molecule has 4 heteroatoms. The molecule has 0 saturated heterocycles. The van der Waals surface area contributed by atoms with Gasteiger partial charge < -0.3 is 14.1 Å². The first-order chi connectivity index (χ1) is 27.0. The van der Waals surface area contributed by atoms with E-state index < -0.39 is 0 Å². The normalized spacial score (nSPS) is 13.2. The second kappa shape index (κ2) is 12.2. The zero-order chi connectivity index (χ0) is 36.7. The highest BCUT2D eigenvalue weighted by molar-refractivity contribution is 7.26. The van der Waals surface area contributed by atoms with Gasteiger partial charge in [0, 0.05) is 65.2 Å². The van der Waals surface area contributed by atoms with Crippen molar-refractivity contribution in [2.75, 3.05) is 4.90 Å². The minimum absolute atomic E-state index is 0.286. The van der Waals surface area contributed by atoms with Crippen LogP contribution in [0.25, 0.3) is 64.4 Å². The molecule has 55 heavy (non-hydrogen) atoms. The summed E-state index contributed by atoms with van der Waals surface area (Å²) in [6, 6.07) is 62.9. The average molecular weight is 726 g/mol. The van der Waals surface area contributed by atoms with Crippen LogP contribution in [0.1, 0.15) is 25.0 Å². The van der Waals surface area contributed by atoms with E-state index >= 15 is 0 Å². The number of fused-ring (bicyclic) bond motifs is 9. The maximum Gasteiger partial charge on any atom is 0.143 e. The lowest BCUT2D eigenvalue weighted by Gasteiger charge is -2.36. The molecule has 0 radical (unpaired) electrons. The topological polar surface area (TPSA) is 25.6 Å². The molecule has 1 aliphatic rings. The summed E-state index contributed by atoms with van der Waals surface area (Å²) in [4.78, 5) is 2.33. The first-order valence-corrected chi connectivity index (χ1v) is 19.6. The Morgan fingerprint density at radius 1 is 0.491 bits per heavy atom. The summed E-state index contributed by atoms with van der Waals surface area (Å²) < 4.78 is 15.9. The fourth-order valence-electron chi connectivity index (χ4n) is 8.53. The Labute approximate surface area is 323 Å². The van der Waals surface area contributed by atoms with E-state index in [-0.39, 0.29) is 5.41 Å². The first kappa shape index (κ1) is 31.9. The highest BCUT2D eigenvalue weighted by Gasteiger charge is 2.36. The molecule has 8 aromatic carbocycles. The van der Waals surface area contributed by atoms with E-state index in [1.54, 1.807) is 0 Å². The van der Waals surface area contributed by atoms with Crippen LogP contribution in [-0.4, -0.2) is 0 Å². The number of nitrogens with zero attached hydrogens (tertiary/aromatic N) is 1. The Kier molecular flexibility index (Phi) is 7.07. The second-order valence-electron chi connectivity index (χ2n) is 14.9. The first-order valence-electron chi connectivity index (χ1n) is 18.7. The highest BCUT2D eigenvalue weighted by atomic mass is 32.1. The van der Waals surface area contributed by atoms with Gasteiger partial charge >= 0.3 is 0 Å². The lowest BCUT2D eigenvalue weighted by atomic mass is 9.75. The summed E-state index contributed by atoms with van der Waals surface area (Å²) in [6.07, 6.45) is 0.